The summed E-state index contributed by atoms with van der Waals surface area (Å²) in [6, 6.07) is 6.21. The Morgan fingerprint density at radius 2 is 2.25 bits per heavy atom. The molecular weight excluding hydrogens is 345 g/mol. The Bertz CT molecular complexity index is 648. The zero-order valence-corrected chi connectivity index (χ0v) is 14.9. The fourth-order valence-corrected chi connectivity index (χ4v) is 4.17. The summed E-state index contributed by atoms with van der Waals surface area (Å²) in [5.74, 6) is 0.582. The topological polar surface area (TPSA) is 45.2 Å². The van der Waals surface area contributed by atoms with Gasteiger partial charge in [0.05, 0.1) is 5.75 Å². The van der Waals surface area contributed by atoms with Crippen LogP contribution in [0.2, 0.25) is 0 Å². The molecule has 0 saturated carbocycles. The molecule has 1 amide bonds. The van der Waals surface area contributed by atoms with Crippen molar-refractivity contribution in [3.63, 3.8) is 0 Å². The number of piperidine rings is 1. The number of halogens is 1. The lowest BCUT2D eigenvalue weighted by atomic mass is 9.98. The zero-order valence-electron chi connectivity index (χ0n) is 13.3. The van der Waals surface area contributed by atoms with Gasteiger partial charge in [-0.05, 0) is 43.0 Å². The highest BCUT2D eigenvalue weighted by Crippen LogP contribution is 2.24. The first-order chi connectivity index (χ1) is 11.7. The van der Waals surface area contributed by atoms with Gasteiger partial charge in [-0.15, -0.1) is 23.1 Å². The van der Waals surface area contributed by atoms with E-state index in [1.165, 1.54) is 23.9 Å². The first-order valence-electron chi connectivity index (χ1n) is 8.00. The molecule has 1 aromatic carbocycles. The van der Waals surface area contributed by atoms with E-state index in [0.29, 0.717) is 18.2 Å². The van der Waals surface area contributed by atoms with Crippen LogP contribution in [0, 0.1) is 11.7 Å². The number of hydrogen-bond donors (Lipinski definition) is 1. The summed E-state index contributed by atoms with van der Waals surface area (Å²) in [5, 5.41) is 6.08. The van der Waals surface area contributed by atoms with Gasteiger partial charge in [0, 0.05) is 36.1 Å². The highest BCUT2D eigenvalue weighted by molar-refractivity contribution is 8.00. The first kappa shape index (κ1) is 17.2. The largest absolute Gasteiger partial charge is 0.355 e. The number of amides is 1. The van der Waals surface area contributed by atoms with Crippen molar-refractivity contribution in [3.8, 4) is 0 Å². The second-order valence-electron chi connectivity index (χ2n) is 5.82. The number of benzene rings is 1. The Kier molecular flexibility index (Phi) is 6.09. The van der Waals surface area contributed by atoms with E-state index in [4.69, 9.17) is 0 Å². The molecule has 2 heterocycles. The Labute approximate surface area is 149 Å². The van der Waals surface area contributed by atoms with Crippen molar-refractivity contribution in [1.82, 2.24) is 10.3 Å². The quantitative estimate of drug-likeness (QED) is 0.797. The maximum absolute atomic E-state index is 12.8. The van der Waals surface area contributed by atoms with Crippen LogP contribution in [0.5, 0.6) is 0 Å². The van der Waals surface area contributed by atoms with Crippen molar-refractivity contribution < 1.29 is 9.18 Å². The third kappa shape index (κ3) is 4.95. The molecule has 0 aliphatic carbocycles. The van der Waals surface area contributed by atoms with E-state index in [-0.39, 0.29) is 11.7 Å². The van der Waals surface area contributed by atoms with E-state index < -0.39 is 0 Å². The third-order valence-corrected chi connectivity index (χ3v) is 5.82. The number of anilines is 1. The lowest BCUT2D eigenvalue weighted by molar-refractivity contribution is -0.118. The van der Waals surface area contributed by atoms with Gasteiger partial charge in [-0.2, -0.15) is 0 Å². The number of carbonyl (C=O) groups excluding carboxylic acids is 1. The van der Waals surface area contributed by atoms with Crippen LogP contribution >= 0.6 is 23.1 Å². The van der Waals surface area contributed by atoms with Gasteiger partial charge in [-0.25, -0.2) is 9.37 Å². The predicted molar refractivity (Wildman–Crippen MR) is 97.2 cm³/mol. The Morgan fingerprint density at radius 1 is 1.42 bits per heavy atom. The monoisotopic (exact) mass is 365 g/mol. The number of nitrogens with zero attached hydrogens (tertiary/aromatic N) is 2. The molecule has 24 heavy (non-hydrogen) atoms. The number of thiazole rings is 1. The summed E-state index contributed by atoms with van der Waals surface area (Å²) in [4.78, 5) is 19.6. The molecule has 1 saturated heterocycles. The SMILES string of the molecule is O=C(CSc1ccc(F)cc1)NCC1CCCN(c2nccs2)C1. The number of nitrogens with one attached hydrogen (secondary N) is 1. The van der Waals surface area contributed by atoms with Gasteiger partial charge in [-0.3, -0.25) is 4.79 Å². The summed E-state index contributed by atoms with van der Waals surface area (Å²) in [7, 11) is 0. The average Bonchev–Trinajstić information content (AvgIpc) is 3.14. The fraction of sp³-hybridized carbons (Fsp3) is 0.412. The summed E-state index contributed by atoms with van der Waals surface area (Å²) in [5.41, 5.74) is 0. The lowest BCUT2D eigenvalue weighted by Crippen LogP contribution is -2.41. The molecule has 1 aliphatic rings. The molecule has 1 N–H and O–H groups in total. The van der Waals surface area contributed by atoms with Crippen molar-refractivity contribution in [2.24, 2.45) is 5.92 Å². The molecule has 1 fully saturated rings. The van der Waals surface area contributed by atoms with E-state index in [1.54, 1.807) is 23.5 Å². The minimum absolute atomic E-state index is 0.0238. The molecule has 4 nitrogen and oxygen atoms in total. The van der Waals surface area contributed by atoms with Gasteiger partial charge in [0.2, 0.25) is 5.91 Å². The minimum Gasteiger partial charge on any atom is -0.355 e. The number of rotatable bonds is 6. The van der Waals surface area contributed by atoms with Crippen LogP contribution in [0.25, 0.3) is 0 Å². The second-order valence-corrected chi connectivity index (χ2v) is 7.74. The number of hydrogen-bond acceptors (Lipinski definition) is 5. The van der Waals surface area contributed by atoms with Gasteiger partial charge in [0.25, 0.3) is 0 Å². The van der Waals surface area contributed by atoms with Crippen LogP contribution in [-0.4, -0.2) is 36.3 Å². The van der Waals surface area contributed by atoms with E-state index in [2.05, 4.69) is 15.2 Å². The molecule has 1 atom stereocenters. The van der Waals surface area contributed by atoms with E-state index in [1.807, 2.05) is 11.6 Å². The molecule has 128 valence electrons. The molecule has 2 aromatic rings. The van der Waals surface area contributed by atoms with Crippen molar-refractivity contribution in [1.29, 1.82) is 0 Å². The van der Waals surface area contributed by atoms with Gasteiger partial charge in [-0.1, -0.05) is 0 Å². The van der Waals surface area contributed by atoms with Crippen LogP contribution in [0.3, 0.4) is 0 Å². The predicted octanol–water partition coefficient (Wildman–Crippen LogP) is 3.41. The Morgan fingerprint density at radius 3 is 3.00 bits per heavy atom. The second kappa shape index (κ2) is 8.48. The van der Waals surface area contributed by atoms with Crippen LogP contribution in [0.15, 0.2) is 40.7 Å². The van der Waals surface area contributed by atoms with Crippen molar-refractivity contribution in [2.75, 3.05) is 30.3 Å². The normalized spacial score (nSPS) is 17.7. The summed E-state index contributed by atoms with van der Waals surface area (Å²) >= 11 is 3.08. The average molecular weight is 365 g/mol. The molecule has 0 spiro atoms. The third-order valence-electron chi connectivity index (χ3n) is 3.98. The number of carbonyl (C=O) groups is 1. The molecule has 0 radical (unpaired) electrons. The fourth-order valence-electron chi connectivity index (χ4n) is 2.77. The molecule has 1 aliphatic heterocycles. The maximum Gasteiger partial charge on any atom is 0.230 e. The molecule has 7 heteroatoms. The Balaban J connectivity index is 1.40. The van der Waals surface area contributed by atoms with Gasteiger partial charge in [0.1, 0.15) is 5.82 Å². The standard InChI is InChI=1S/C17H20FN3OS2/c18-14-3-5-15(6-4-14)24-12-16(22)20-10-13-2-1-8-21(11-13)17-19-7-9-23-17/h3-7,9,13H,1-2,8,10-12H2,(H,20,22). The summed E-state index contributed by atoms with van der Waals surface area (Å²) in [6.07, 6.45) is 4.09. The van der Waals surface area contributed by atoms with Crippen LogP contribution < -0.4 is 10.2 Å². The van der Waals surface area contributed by atoms with Crippen LogP contribution in [-0.2, 0) is 4.79 Å². The van der Waals surface area contributed by atoms with Gasteiger partial charge in [0.15, 0.2) is 5.13 Å². The van der Waals surface area contributed by atoms with Crippen LogP contribution in [0.4, 0.5) is 9.52 Å². The highest BCUT2D eigenvalue weighted by Gasteiger charge is 2.21. The summed E-state index contributed by atoms with van der Waals surface area (Å²) < 4.78 is 12.8. The van der Waals surface area contributed by atoms with Crippen molar-refractivity contribution in [3.05, 3.63) is 41.7 Å². The molecule has 0 bridgehead atoms. The van der Waals surface area contributed by atoms with E-state index in [0.717, 1.165) is 36.0 Å². The van der Waals surface area contributed by atoms with Gasteiger partial charge < -0.3 is 10.2 Å². The van der Waals surface area contributed by atoms with Crippen LogP contribution in [0.1, 0.15) is 12.8 Å². The smallest absolute Gasteiger partial charge is 0.230 e. The Hall–Kier alpha value is -1.60. The summed E-state index contributed by atoms with van der Waals surface area (Å²) in [6.45, 7) is 2.68. The minimum atomic E-state index is -0.258. The highest BCUT2D eigenvalue weighted by atomic mass is 32.2. The van der Waals surface area contributed by atoms with Crippen molar-refractivity contribution >= 4 is 34.1 Å². The first-order valence-corrected chi connectivity index (χ1v) is 9.87. The number of aromatic nitrogens is 1. The van der Waals surface area contributed by atoms with E-state index >= 15 is 0 Å². The molecule has 3 rings (SSSR count). The number of thioether (sulfide) groups is 1. The zero-order chi connectivity index (χ0) is 16.8. The van der Waals surface area contributed by atoms with Crippen molar-refractivity contribution in [2.45, 2.75) is 17.7 Å². The molecule has 1 unspecified atom stereocenters. The van der Waals surface area contributed by atoms with E-state index in [9.17, 15) is 9.18 Å². The molecular formula is C17H20FN3OS2. The van der Waals surface area contributed by atoms with Gasteiger partial charge >= 0.3 is 0 Å². The maximum atomic E-state index is 12.8. The lowest BCUT2D eigenvalue weighted by Gasteiger charge is -2.32. The molecule has 1 aromatic heterocycles.